The molecule has 0 aliphatic carbocycles. The Bertz CT molecular complexity index is 432. The molecule has 0 saturated carbocycles. The minimum absolute atomic E-state index is 0.230. The van der Waals surface area contributed by atoms with E-state index in [1.165, 1.54) is 39.2 Å². The minimum Gasteiger partial charge on any atom is -0.492 e. The van der Waals surface area contributed by atoms with Crippen molar-refractivity contribution in [3.05, 3.63) is 28.8 Å². The van der Waals surface area contributed by atoms with Crippen LogP contribution in [-0.2, 0) is 16.0 Å². The number of halogens is 1. The van der Waals surface area contributed by atoms with Crippen LogP contribution in [0.2, 0.25) is 5.02 Å². The fourth-order valence-electron chi connectivity index (χ4n) is 2.07. The minimum atomic E-state index is -0.271. The van der Waals surface area contributed by atoms with E-state index in [9.17, 15) is 4.79 Å². The van der Waals surface area contributed by atoms with Gasteiger partial charge in [-0.05, 0) is 24.1 Å². The summed E-state index contributed by atoms with van der Waals surface area (Å²) in [6, 6.07) is 5.42. The molecule has 0 radical (unpaired) electrons. The summed E-state index contributed by atoms with van der Waals surface area (Å²) in [7, 11) is 1.38. The maximum atomic E-state index is 11.2. The van der Waals surface area contributed by atoms with Gasteiger partial charge in [0.1, 0.15) is 5.75 Å². The molecule has 0 unspecified atom stereocenters. The summed E-state index contributed by atoms with van der Waals surface area (Å²) in [6.07, 6.45) is 7.62. The Hall–Kier alpha value is -1.22. The van der Waals surface area contributed by atoms with Gasteiger partial charge in [0.25, 0.3) is 0 Å². The maximum Gasteiger partial charge on any atom is 0.309 e. The highest BCUT2D eigenvalue weighted by Gasteiger charge is 2.07. The van der Waals surface area contributed by atoms with Gasteiger partial charge in [-0.3, -0.25) is 4.79 Å². The number of ether oxygens (including phenoxy) is 2. The van der Waals surface area contributed by atoms with E-state index < -0.39 is 0 Å². The average molecular weight is 313 g/mol. The summed E-state index contributed by atoms with van der Waals surface area (Å²) in [5.74, 6) is 0.408. The molecule has 0 spiro atoms. The SMILES string of the molecule is CCCCCCCCOc1ccc(CC(=O)OC)cc1Cl. The van der Waals surface area contributed by atoms with Crippen molar-refractivity contribution in [2.24, 2.45) is 0 Å². The van der Waals surface area contributed by atoms with E-state index in [4.69, 9.17) is 16.3 Å². The van der Waals surface area contributed by atoms with Crippen molar-refractivity contribution in [3.63, 3.8) is 0 Å². The molecule has 0 saturated heterocycles. The van der Waals surface area contributed by atoms with Crippen molar-refractivity contribution in [2.75, 3.05) is 13.7 Å². The molecule has 1 aromatic rings. The molecule has 0 amide bonds. The number of methoxy groups -OCH3 is 1. The third kappa shape index (κ3) is 7.37. The topological polar surface area (TPSA) is 35.5 Å². The quantitative estimate of drug-likeness (QED) is 0.460. The third-order valence-corrected chi connectivity index (χ3v) is 3.62. The van der Waals surface area contributed by atoms with Crippen LogP contribution < -0.4 is 4.74 Å². The van der Waals surface area contributed by atoms with Crippen LogP contribution >= 0.6 is 11.6 Å². The summed E-state index contributed by atoms with van der Waals surface area (Å²) in [4.78, 5) is 11.2. The second-order valence-electron chi connectivity index (χ2n) is 5.13. The van der Waals surface area contributed by atoms with Gasteiger partial charge in [-0.25, -0.2) is 0 Å². The van der Waals surface area contributed by atoms with E-state index in [-0.39, 0.29) is 12.4 Å². The summed E-state index contributed by atoms with van der Waals surface area (Å²) >= 11 is 6.16. The molecule has 0 aliphatic heterocycles. The Labute approximate surface area is 132 Å². The van der Waals surface area contributed by atoms with E-state index in [1.807, 2.05) is 12.1 Å². The lowest BCUT2D eigenvalue weighted by atomic mass is 10.1. The van der Waals surface area contributed by atoms with E-state index in [0.29, 0.717) is 17.4 Å². The van der Waals surface area contributed by atoms with Crippen molar-refractivity contribution in [2.45, 2.75) is 51.9 Å². The highest BCUT2D eigenvalue weighted by molar-refractivity contribution is 6.32. The zero-order chi connectivity index (χ0) is 15.5. The largest absolute Gasteiger partial charge is 0.492 e. The highest BCUT2D eigenvalue weighted by atomic mass is 35.5. The van der Waals surface area contributed by atoms with Crippen LogP contribution in [0.4, 0.5) is 0 Å². The number of hydrogen-bond donors (Lipinski definition) is 0. The number of benzene rings is 1. The maximum absolute atomic E-state index is 11.2. The van der Waals surface area contributed by atoms with Gasteiger partial charge >= 0.3 is 5.97 Å². The Kier molecular flexibility index (Phi) is 8.91. The first-order chi connectivity index (χ1) is 10.2. The smallest absolute Gasteiger partial charge is 0.309 e. The van der Waals surface area contributed by atoms with Crippen LogP contribution in [0.1, 0.15) is 51.0 Å². The van der Waals surface area contributed by atoms with Crippen molar-refractivity contribution < 1.29 is 14.3 Å². The molecular weight excluding hydrogens is 288 g/mol. The lowest BCUT2D eigenvalue weighted by molar-refractivity contribution is -0.139. The van der Waals surface area contributed by atoms with Crippen molar-refractivity contribution in [1.29, 1.82) is 0 Å². The van der Waals surface area contributed by atoms with Crippen molar-refractivity contribution >= 4 is 17.6 Å². The van der Waals surface area contributed by atoms with Gasteiger partial charge in [-0.1, -0.05) is 56.7 Å². The number of unbranched alkanes of at least 4 members (excludes halogenated alkanes) is 5. The third-order valence-electron chi connectivity index (χ3n) is 3.33. The summed E-state index contributed by atoms with van der Waals surface area (Å²) in [5.41, 5.74) is 0.832. The summed E-state index contributed by atoms with van der Waals surface area (Å²) < 4.78 is 10.3. The van der Waals surface area contributed by atoms with E-state index in [1.54, 1.807) is 6.07 Å². The Morgan fingerprint density at radius 1 is 1.14 bits per heavy atom. The van der Waals surface area contributed by atoms with Gasteiger partial charge in [-0.2, -0.15) is 0 Å². The van der Waals surface area contributed by atoms with E-state index >= 15 is 0 Å². The van der Waals surface area contributed by atoms with Gasteiger partial charge < -0.3 is 9.47 Å². The first kappa shape index (κ1) is 17.8. The molecule has 0 fully saturated rings. The Balaban J connectivity index is 2.31. The van der Waals surface area contributed by atoms with Crippen LogP contribution in [0.3, 0.4) is 0 Å². The monoisotopic (exact) mass is 312 g/mol. The molecule has 21 heavy (non-hydrogen) atoms. The lowest BCUT2D eigenvalue weighted by Crippen LogP contribution is -2.04. The molecule has 0 aliphatic rings. The number of hydrogen-bond acceptors (Lipinski definition) is 3. The van der Waals surface area contributed by atoms with Crippen LogP contribution in [0.15, 0.2) is 18.2 Å². The predicted octanol–water partition coefficient (Wildman–Crippen LogP) is 4.79. The molecule has 118 valence electrons. The van der Waals surface area contributed by atoms with Gasteiger partial charge in [-0.15, -0.1) is 0 Å². The first-order valence-corrected chi connectivity index (χ1v) is 8.03. The summed E-state index contributed by atoms with van der Waals surface area (Å²) in [5, 5.41) is 0.544. The van der Waals surface area contributed by atoms with E-state index in [0.717, 1.165) is 12.0 Å². The second-order valence-corrected chi connectivity index (χ2v) is 5.54. The Morgan fingerprint density at radius 3 is 2.52 bits per heavy atom. The van der Waals surface area contributed by atoms with Gasteiger partial charge in [0, 0.05) is 0 Å². The standard InChI is InChI=1S/C17H25ClO3/c1-3-4-5-6-7-8-11-21-16-10-9-14(12-15(16)18)13-17(19)20-2/h9-10,12H,3-8,11,13H2,1-2H3. The molecule has 0 atom stereocenters. The van der Waals surface area contributed by atoms with Gasteiger partial charge in [0.05, 0.1) is 25.2 Å². The van der Waals surface area contributed by atoms with Crippen LogP contribution in [0.5, 0.6) is 5.75 Å². The highest BCUT2D eigenvalue weighted by Crippen LogP contribution is 2.26. The van der Waals surface area contributed by atoms with Crippen LogP contribution in [-0.4, -0.2) is 19.7 Å². The predicted molar refractivity (Wildman–Crippen MR) is 86.0 cm³/mol. The molecular formula is C17H25ClO3. The molecule has 0 aromatic heterocycles. The second kappa shape index (κ2) is 10.5. The van der Waals surface area contributed by atoms with Crippen LogP contribution in [0.25, 0.3) is 0 Å². The summed E-state index contributed by atoms with van der Waals surface area (Å²) in [6.45, 7) is 2.90. The Morgan fingerprint density at radius 2 is 1.86 bits per heavy atom. The van der Waals surface area contributed by atoms with Crippen molar-refractivity contribution in [3.8, 4) is 5.75 Å². The zero-order valence-electron chi connectivity index (χ0n) is 13.0. The number of carbonyl (C=O) groups excluding carboxylic acids is 1. The molecule has 3 nitrogen and oxygen atoms in total. The molecule has 0 heterocycles. The molecule has 0 N–H and O–H groups in total. The van der Waals surface area contributed by atoms with Gasteiger partial charge in [0.15, 0.2) is 0 Å². The molecule has 0 bridgehead atoms. The average Bonchev–Trinajstić information content (AvgIpc) is 2.48. The fraction of sp³-hybridized carbons (Fsp3) is 0.588. The normalized spacial score (nSPS) is 10.4. The van der Waals surface area contributed by atoms with Crippen molar-refractivity contribution in [1.82, 2.24) is 0 Å². The molecule has 1 aromatic carbocycles. The number of carbonyl (C=O) groups is 1. The number of rotatable bonds is 10. The van der Waals surface area contributed by atoms with Gasteiger partial charge in [0.2, 0.25) is 0 Å². The lowest BCUT2D eigenvalue weighted by Gasteiger charge is -2.09. The number of esters is 1. The first-order valence-electron chi connectivity index (χ1n) is 7.65. The van der Waals surface area contributed by atoms with E-state index in [2.05, 4.69) is 11.7 Å². The molecule has 1 rings (SSSR count). The molecule has 4 heteroatoms. The fourth-order valence-corrected chi connectivity index (χ4v) is 2.33. The zero-order valence-corrected chi connectivity index (χ0v) is 13.7. The van der Waals surface area contributed by atoms with Crippen LogP contribution in [0, 0.1) is 0 Å².